The summed E-state index contributed by atoms with van der Waals surface area (Å²) < 4.78 is 0. The van der Waals surface area contributed by atoms with Crippen LogP contribution >= 0.6 is 0 Å². The van der Waals surface area contributed by atoms with Crippen LogP contribution in [0.1, 0.15) is 31.7 Å². The molecule has 0 aliphatic heterocycles. The molecule has 0 heterocycles. The molecule has 14 heavy (non-hydrogen) atoms. The zero-order valence-electron chi connectivity index (χ0n) is 8.95. The summed E-state index contributed by atoms with van der Waals surface area (Å²) in [6.07, 6.45) is 4.41. The number of rotatable bonds is 4. The van der Waals surface area contributed by atoms with E-state index in [4.69, 9.17) is 0 Å². The fourth-order valence-corrected chi connectivity index (χ4v) is 1.38. The van der Waals surface area contributed by atoms with Gasteiger partial charge in [-0.1, -0.05) is 19.8 Å². The molecule has 1 radical (unpaired) electrons. The van der Waals surface area contributed by atoms with Crippen molar-refractivity contribution in [2.24, 2.45) is 0 Å². The molecular weight excluding hydrogens is 203 g/mol. The zero-order chi connectivity index (χ0) is 9.68. The molecule has 0 aromatic heterocycles. The Hall–Kier alpha value is 0.456. The van der Waals surface area contributed by atoms with Crippen LogP contribution in [-0.4, -0.2) is 61.6 Å². The minimum atomic E-state index is 0. The molecular formula is C11H16KO2. The second-order valence-corrected chi connectivity index (χ2v) is 3.31. The van der Waals surface area contributed by atoms with Crippen molar-refractivity contribution in [3.63, 3.8) is 0 Å². The first-order valence-corrected chi connectivity index (χ1v) is 4.74. The number of phenols is 2. The molecule has 0 aliphatic carbocycles. The summed E-state index contributed by atoms with van der Waals surface area (Å²) in [5.41, 5.74) is 1.01. The maximum absolute atomic E-state index is 9.19. The van der Waals surface area contributed by atoms with Gasteiger partial charge in [-0.15, -0.1) is 0 Å². The predicted molar refractivity (Wildman–Crippen MR) is 58.8 cm³/mol. The summed E-state index contributed by atoms with van der Waals surface area (Å²) in [5.74, 6) is 0.290. The number of phenolic OH excluding ortho intramolecular Hbond substituents is 2. The van der Waals surface area contributed by atoms with Crippen molar-refractivity contribution >= 4 is 51.4 Å². The van der Waals surface area contributed by atoms with Crippen LogP contribution in [0.15, 0.2) is 18.2 Å². The maximum atomic E-state index is 9.19. The first-order valence-electron chi connectivity index (χ1n) is 4.74. The summed E-state index contributed by atoms with van der Waals surface area (Å²) in [7, 11) is 0. The van der Waals surface area contributed by atoms with Crippen molar-refractivity contribution in [1.82, 2.24) is 0 Å². The number of unbranched alkanes of at least 4 members (excludes halogenated alkanes) is 2. The summed E-state index contributed by atoms with van der Waals surface area (Å²) in [4.78, 5) is 0. The summed E-state index contributed by atoms with van der Waals surface area (Å²) >= 11 is 0. The summed E-state index contributed by atoms with van der Waals surface area (Å²) in [6.45, 7) is 2.15. The van der Waals surface area contributed by atoms with E-state index in [-0.39, 0.29) is 62.9 Å². The number of aromatic hydroxyl groups is 2. The van der Waals surface area contributed by atoms with Gasteiger partial charge in [-0.25, -0.2) is 0 Å². The Labute approximate surface area is 128 Å². The smallest absolute Gasteiger partial charge is 0.119 e. The first-order chi connectivity index (χ1) is 6.22. The Balaban J connectivity index is 0.00000169. The van der Waals surface area contributed by atoms with Crippen LogP contribution in [-0.2, 0) is 6.42 Å². The third-order valence-corrected chi connectivity index (χ3v) is 2.03. The second kappa shape index (κ2) is 7.71. The van der Waals surface area contributed by atoms with Gasteiger partial charge in [-0.05, 0) is 30.5 Å². The maximum Gasteiger partial charge on any atom is 0.119 e. The Morgan fingerprint density at radius 1 is 1.00 bits per heavy atom. The molecule has 0 aliphatic rings. The predicted octanol–water partition coefficient (Wildman–Crippen LogP) is 2.45. The van der Waals surface area contributed by atoms with Crippen molar-refractivity contribution in [2.75, 3.05) is 0 Å². The molecule has 2 N–H and O–H groups in total. The molecule has 0 saturated carbocycles. The van der Waals surface area contributed by atoms with E-state index in [2.05, 4.69) is 6.92 Å². The molecule has 0 amide bonds. The van der Waals surface area contributed by atoms with Gasteiger partial charge in [0.1, 0.15) is 11.5 Å². The number of benzene rings is 1. The molecule has 0 unspecified atom stereocenters. The standard InChI is InChI=1S/C11H16O2.K/c1-2-3-4-5-9-6-10(12)8-11(13)7-9;/h6-8,12-13H,2-5H2,1H3;. The van der Waals surface area contributed by atoms with Crippen molar-refractivity contribution in [3.05, 3.63) is 23.8 Å². The molecule has 0 saturated heterocycles. The average molecular weight is 219 g/mol. The van der Waals surface area contributed by atoms with E-state index in [1.54, 1.807) is 12.1 Å². The quantitative estimate of drug-likeness (QED) is 0.603. The van der Waals surface area contributed by atoms with Gasteiger partial charge in [0.2, 0.25) is 0 Å². The van der Waals surface area contributed by atoms with Gasteiger partial charge in [0.25, 0.3) is 0 Å². The summed E-state index contributed by atoms with van der Waals surface area (Å²) in [5, 5.41) is 18.4. The topological polar surface area (TPSA) is 40.5 Å². The number of hydrogen-bond acceptors (Lipinski definition) is 2. The van der Waals surface area contributed by atoms with Gasteiger partial charge in [0.15, 0.2) is 0 Å². The van der Waals surface area contributed by atoms with Crippen molar-refractivity contribution in [2.45, 2.75) is 32.6 Å². The van der Waals surface area contributed by atoms with Crippen molar-refractivity contribution in [1.29, 1.82) is 0 Å². The van der Waals surface area contributed by atoms with Crippen LogP contribution < -0.4 is 0 Å². The fraction of sp³-hybridized carbons (Fsp3) is 0.455. The Morgan fingerprint density at radius 2 is 1.57 bits per heavy atom. The molecule has 3 heteroatoms. The van der Waals surface area contributed by atoms with Crippen LogP contribution in [0.5, 0.6) is 11.5 Å². The Kier molecular flexibility index (Phi) is 7.96. The molecule has 0 bridgehead atoms. The third-order valence-electron chi connectivity index (χ3n) is 2.03. The van der Waals surface area contributed by atoms with E-state index in [0.717, 1.165) is 18.4 Å². The largest absolute Gasteiger partial charge is 0.508 e. The second-order valence-electron chi connectivity index (χ2n) is 3.31. The molecule has 0 fully saturated rings. The molecule has 0 spiro atoms. The molecule has 1 aromatic carbocycles. The van der Waals surface area contributed by atoms with E-state index >= 15 is 0 Å². The van der Waals surface area contributed by atoms with Gasteiger partial charge in [0, 0.05) is 57.5 Å². The minimum absolute atomic E-state index is 0. The van der Waals surface area contributed by atoms with Crippen LogP contribution in [0, 0.1) is 0 Å². The van der Waals surface area contributed by atoms with Gasteiger partial charge in [-0.3, -0.25) is 0 Å². The van der Waals surface area contributed by atoms with E-state index < -0.39 is 0 Å². The van der Waals surface area contributed by atoms with E-state index in [0.29, 0.717) is 0 Å². The van der Waals surface area contributed by atoms with Gasteiger partial charge in [0.05, 0.1) is 0 Å². The molecule has 73 valence electrons. The monoisotopic (exact) mass is 219 g/mol. The number of hydrogen-bond donors (Lipinski definition) is 2. The fourth-order valence-electron chi connectivity index (χ4n) is 1.38. The minimum Gasteiger partial charge on any atom is -0.508 e. The van der Waals surface area contributed by atoms with Gasteiger partial charge < -0.3 is 10.2 Å². The van der Waals surface area contributed by atoms with Crippen LogP contribution in [0.3, 0.4) is 0 Å². The average Bonchev–Trinajstić information content (AvgIpc) is 2.03. The van der Waals surface area contributed by atoms with E-state index in [1.165, 1.54) is 18.9 Å². The van der Waals surface area contributed by atoms with Crippen LogP contribution in [0.25, 0.3) is 0 Å². The zero-order valence-corrected chi connectivity index (χ0v) is 12.1. The Morgan fingerprint density at radius 3 is 2.07 bits per heavy atom. The van der Waals surface area contributed by atoms with E-state index in [1.807, 2.05) is 0 Å². The van der Waals surface area contributed by atoms with E-state index in [9.17, 15) is 10.2 Å². The van der Waals surface area contributed by atoms with Crippen molar-refractivity contribution in [3.8, 4) is 11.5 Å². The summed E-state index contributed by atoms with van der Waals surface area (Å²) in [6, 6.07) is 4.76. The van der Waals surface area contributed by atoms with Crippen molar-refractivity contribution < 1.29 is 10.2 Å². The number of aryl methyl sites for hydroxylation is 1. The Bertz CT molecular complexity index is 254. The molecule has 1 aromatic rings. The molecule has 0 atom stereocenters. The normalized spacial score (nSPS) is 9.50. The van der Waals surface area contributed by atoms with Crippen LogP contribution in [0.4, 0.5) is 0 Å². The molecule has 1 rings (SSSR count). The third kappa shape index (κ3) is 5.37. The van der Waals surface area contributed by atoms with Gasteiger partial charge >= 0.3 is 0 Å². The SMILES string of the molecule is CCCCCc1cc(O)cc(O)c1.[K]. The molecule has 2 nitrogen and oxygen atoms in total. The van der Waals surface area contributed by atoms with Crippen LogP contribution in [0.2, 0.25) is 0 Å². The first kappa shape index (κ1) is 14.5. The van der Waals surface area contributed by atoms with Gasteiger partial charge in [-0.2, -0.15) is 0 Å².